The number of likely N-dealkylation sites (N-methyl/N-ethyl adjacent to an activating group) is 1. The fraction of sp³-hybridized carbons (Fsp3) is 0.278. The van der Waals surface area contributed by atoms with Crippen LogP contribution in [-0.4, -0.2) is 23.3 Å². The standard InChI is InChI=1S/C18H16Cl2F3N3O2/c1-2-25-17(28)13(12-6-10(19)3-4-11(12)16(24)27)7-15-14(20)5-9(8-26-15)18(21,22)23/h3-6,8,13H,2,7H2,1H3,(H2,24,27)(H,25,28). The lowest BCUT2D eigenvalue weighted by atomic mass is 9.89. The van der Waals surface area contributed by atoms with Crippen LogP contribution >= 0.6 is 23.2 Å². The lowest BCUT2D eigenvalue weighted by Gasteiger charge is -2.20. The first-order valence-corrected chi connectivity index (χ1v) is 8.88. The highest BCUT2D eigenvalue weighted by molar-refractivity contribution is 6.31. The molecule has 10 heteroatoms. The number of carbonyl (C=O) groups is 2. The van der Waals surface area contributed by atoms with Crippen LogP contribution in [0.15, 0.2) is 30.5 Å². The number of halogens is 5. The Balaban J connectivity index is 2.51. The summed E-state index contributed by atoms with van der Waals surface area (Å²) in [6, 6.07) is 4.99. The van der Waals surface area contributed by atoms with E-state index in [1.807, 2.05) is 0 Å². The number of benzene rings is 1. The van der Waals surface area contributed by atoms with Gasteiger partial charge in [-0.1, -0.05) is 23.2 Å². The number of amides is 2. The number of primary amides is 1. The van der Waals surface area contributed by atoms with Gasteiger partial charge in [-0.15, -0.1) is 0 Å². The predicted octanol–water partition coefficient (Wildman–Crippen LogP) is 3.97. The van der Waals surface area contributed by atoms with E-state index >= 15 is 0 Å². The lowest BCUT2D eigenvalue weighted by molar-refractivity contribution is -0.137. The van der Waals surface area contributed by atoms with Crippen LogP contribution in [0.25, 0.3) is 0 Å². The first kappa shape index (κ1) is 22.0. The number of nitrogens with zero attached hydrogens (tertiary/aromatic N) is 1. The third kappa shape index (κ3) is 5.14. The Morgan fingerprint density at radius 3 is 2.46 bits per heavy atom. The molecule has 1 atom stereocenters. The maximum atomic E-state index is 12.8. The molecule has 1 aromatic carbocycles. The summed E-state index contributed by atoms with van der Waals surface area (Å²) in [6.45, 7) is 2.00. The van der Waals surface area contributed by atoms with Gasteiger partial charge in [0.2, 0.25) is 11.8 Å². The molecule has 0 aliphatic rings. The van der Waals surface area contributed by atoms with Crippen LogP contribution in [0, 0.1) is 0 Å². The number of carbonyl (C=O) groups excluding carboxylic acids is 2. The normalized spacial score (nSPS) is 12.5. The van der Waals surface area contributed by atoms with Crippen LogP contribution in [0.4, 0.5) is 13.2 Å². The van der Waals surface area contributed by atoms with Gasteiger partial charge in [0.25, 0.3) is 0 Å². The maximum Gasteiger partial charge on any atom is 0.417 e. The van der Waals surface area contributed by atoms with Gasteiger partial charge in [0.1, 0.15) is 0 Å². The maximum absolute atomic E-state index is 12.8. The van der Waals surface area contributed by atoms with Gasteiger partial charge >= 0.3 is 6.18 Å². The number of hydrogen-bond donors (Lipinski definition) is 2. The molecule has 0 aliphatic carbocycles. The summed E-state index contributed by atoms with van der Waals surface area (Å²) in [5, 5.41) is 2.64. The Hall–Kier alpha value is -2.32. The van der Waals surface area contributed by atoms with Crippen LogP contribution in [0.3, 0.4) is 0 Å². The minimum absolute atomic E-state index is 0.0707. The van der Waals surface area contributed by atoms with E-state index in [9.17, 15) is 22.8 Å². The second-order valence-electron chi connectivity index (χ2n) is 5.90. The SMILES string of the molecule is CCNC(=O)C(Cc1ncc(C(F)(F)F)cc1Cl)c1cc(Cl)ccc1C(N)=O. The summed E-state index contributed by atoms with van der Waals surface area (Å²) in [5.41, 5.74) is 4.77. The molecule has 5 nitrogen and oxygen atoms in total. The Morgan fingerprint density at radius 1 is 1.25 bits per heavy atom. The highest BCUT2D eigenvalue weighted by atomic mass is 35.5. The van der Waals surface area contributed by atoms with Crippen molar-refractivity contribution in [2.24, 2.45) is 5.73 Å². The third-order valence-electron chi connectivity index (χ3n) is 3.96. The highest BCUT2D eigenvalue weighted by Crippen LogP contribution is 2.33. The minimum atomic E-state index is -4.60. The molecule has 0 spiro atoms. The Bertz CT molecular complexity index is 904. The molecule has 2 aromatic rings. The molecule has 3 N–H and O–H groups in total. The first-order chi connectivity index (χ1) is 13.0. The zero-order valence-electron chi connectivity index (χ0n) is 14.6. The minimum Gasteiger partial charge on any atom is -0.366 e. The predicted molar refractivity (Wildman–Crippen MR) is 99.3 cm³/mol. The summed E-state index contributed by atoms with van der Waals surface area (Å²) in [4.78, 5) is 28.2. The van der Waals surface area contributed by atoms with Gasteiger partial charge in [-0.05, 0) is 36.8 Å². The van der Waals surface area contributed by atoms with Crippen LogP contribution in [0.2, 0.25) is 10.0 Å². The zero-order valence-corrected chi connectivity index (χ0v) is 16.1. The Labute approximate surface area is 169 Å². The zero-order chi connectivity index (χ0) is 21.1. The second-order valence-corrected chi connectivity index (χ2v) is 6.74. The molecule has 28 heavy (non-hydrogen) atoms. The summed E-state index contributed by atoms with van der Waals surface area (Å²) in [5.74, 6) is -2.22. The molecule has 1 heterocycles. The molecule has 0 saturated carbocycles. The van der Waals surface area contributed by atoms with Gasteiger partial charge in [-0.25, -0.2) is 0 Å². The van der Waals surface area contributed by atoms with Gasteiger partial charge in [0.05, 0.1) is 22.2 Å². The summed E-state index contributed by atoms with van der Waals surface area (Å²) in [7, 11) is 0. The van der Waals surface area contributed by atoms with Crippen molar-refractivity contribution in [3.05, 3.63) is 62.9 Å². The molecular weight excluding hydrogens is 418 g/mol. The molecule has 1 aromatic heterocycles. The van der Waals surface area contributed by atoms with Crippen molar-refractivity contribution in [3.63, 3.8) is 0 Å². The molecule has 0 saturated heterocycles. The van der Waals surface area contributed by atoms with Crippen molar-refractivity contribution in [2.45, 2.75) is 25.4 Å². The fourth-order valence-corrected chi connectivity index (χ4v) is 3.08. The van der Waals surface area contributed by atoms with Crippen molar-refractivity contribution in [3.8, 4) is 0 Å². The van der Waals surface area contributed by atoms with Gasteiger partial charge in [0.15, 0.2) is 0 Å². The number of rotatable bonds is 6. The van der Waals surface area contributed by atoms with Gasteiger partial charge in [0, 0.05) is 29.7 Å². The van der Waals surface area contributed by atoms with Crippen molar-refractivity contribution in [1.82, 2.24) is 10.3 Å². The van der Waals surface area contributed by atoms with E-state index in [-0.39, 0.29) is 33.3 Å². The largest absolute Gasteiger partial charge is 0.417 e. The number of aromatic nitrogens is 1. The number of hydrogen-bond acceptors (Lipinski definition) is 3. The average molecular weight is 434 g/mol. The number of alkyl halides is 3. The summed E-state index contributed by atoms with van der Waals surface area (Å²) < 4.78 is 38.4. The average Bonchev–Trinajstić information content (AvgIpc) is 2.59. The first-order valence-electron chi connectivity index (χ1n) is 8.13. The lowest BCUT2D eigenvalue weighted by Crippen LogP contribution is -2.32. The quantitative estimate of drug-likeness (QED) is 0.722. The van der Waals surface area contributed by atoms with Gasteiger partial charge in [-0.2, -0.15) is 13.2 Å². The third-order valence-corrected chi connectivity index (χ3v) is 4.53. The van der Waals surface area contributed by atoms with Crippen LogP contribution in [-0.2, 0) is 17.4 Å². The van der Waals surface area contributed by atoms with E-state index in [1.54, 1.807) is 6.92 Å². The number of nitrogens with one attached hydrogen (secondary N) is 1. The number of nitrogens with two attached hydrogens (primary N) is 1. The topological polar surface area (TPSA) is 85.1 Å². The monoisotopic (exact) mass is 433 g/mol. The molecular formula is C18H16Cl2F3N3O2. The highest BCUT2D eigenvalue weighted by Gasteiger charge is 2.32. The van der Waals surface area contributed by atoms with Crippen LogP contribution in [0.1, 0.15) is 40.0 Å². The molecule has 0 fully saturated rings. The Morgan fingerprint density at radius 2 is 1.93 bits per heavy atom. The molecule has 150 valence electrons. The van der Waals surface area contributed by atoms with E-state index < -0.39 is 29.5 Å². The molecule has 2 amide bonds. The Kier molecular flexibility index (Phi) is 6.90. The molecule has 0 aliphatic heterocycles. The molecule has 0 bridgehead atoms. The van der Waals surface area contributed by atoms with Gasteiger partial charge in [-0.3, -0.25) is 14.6 Å². The van der Waals surface area contributed by atoms with Crippen molar-refractivity contribution < 1.29 is 22.8 Å². The van der Waals surface area contributed by atoms with E-state index in [0.717, 1.165) is 6.07 Å². The van der Waals surface area contributed by atoms with E-state index in [0.29, 0.717) is 12.7 Å². The van der Waals surface area contributed by atoms with Crippen LogP contribution in [0.5, 0.6) is 0 Å². The van der Waals surface area contributed by atoms with E-state index in [1.165, 1.54) is 18.2 Å². The molecule has 1 unspecified atom stereocenters. The van der Waals surface area contributed by atoms with Crippen molar-refractivity contribution in [2.75, 3.05) is 6.54 Å². The van der Waals surface area contributed by atoms with E-state index in [2.05, 4.69) is 10.3 Å². The van der Waals surface area contributed by atoms with E-state index in [4.69, 9.17) is 28.9 Å². The van der Waals surface area contributed by atoms with Gasteiger partial charge < -0.3 is 11.1 Å². The number of pyridine rings is 1. The van der Waals surface area contributed by atoms with Crippen molar-refractivity contribution >= 4 is 35.0 Å². The second kappa shape index (κ2) is 8.79. The summed E-state index contributed by atoms with van der Waals surface area (Å²) in [6.07, 6.45) is -4.10. The molecule has 0 radical (unpaired) electrons. The summed E-state index contributed by atoms with van der Waals surface area (Å²) >= 11 is 12.0. The smallest absolute Gasteiger partial charge is 0.366 e. The molecule has 2 rings (SSSR count). The van der Waals surface area contributed by atoms with Crippen LogP contribution < -0.4 is 11.1 Å². The fourth-order valence-electron chi connectivity index (χ4n) is 2.65. The van der Waals surface area contributed by atoms with Crippen molar-refractivity contribution in [1.29, 1.82) is 0 Å².